The van der Waals surface area contributed by atoms with Crippen LogP contribution in [0.2, 0.25) is 0 Å². The van der Waals surface area contributed by atoms with Gasteiger partial charge in [-0.2, -0.15) is 0 Å². The van der Waals surface area contributed by atoms with Crippen LogP contribution in [0, 0.1) is 5.92 Å². The van der Waals surface area contributed by atoms with E-state index in [9.17, 15) is 4.79 Å². The number of halogens is 2. The van der Waals surface area contributed by atoms with Gasteiger partial charge < -0.3 is 4.74 Å². The predicted molar refractivity (Wildman–Crippen MR) is 120 cm³/mol. The van der Waals surface area contributed by atoms with Crippen LogP contribution in [0.1, 0.15) is 101 Å². The van der Waals surface area contributed by atoms with Crippen molar-refractivity contribution in [1.82, 2.24) is 0 Å². The second kappa shape index (κ2) is 8.90. The molecule has 0 aliphatic heterocycles. The molecule has 1 saturated carbocycles. The molecular weight excluding hydrogens is 391 g/mol. The van der Waals surface area contributed by atoms with E-state index in [-0.39, 0.29) is 17.8 Å². The van der Waals surface area contributed by atoms with Crippen LogP contribution in [0.15, 0.2) is 24.8 Å². The molecule has 0 bridgehead atoms. The lowest BCUT2D eigenvalue weighted by atomic mass is 9.76. The van der Waals surface area contributed by atoms with Crippen LogP contribution in [-0.2, 0) is 9.53 Å². The maximum absolute atomic E-state index is 12.3. The van der Waals surface area contributed by atoms with E-state index in [4.69, 9.17) is 27.9 Å². The molecule has 0 N–H and O–H groups in total. The smallest absolute Gasteiger partial charge is 0.202 e. The van der Waals surface area contributed by atoms with E-state index in [1.165, 1.54) is 22.3 Å². The second-order valence-electron chi connectivity index (χ2n) is 8.89. The van der Waals surface area contributed by atoms with Gasteiger partial charge in [0.25, 0.3) is 0 Å². The summed E-state index contributed by atoms with van der Waals surface area (Å²) in [5.74, 6) is 0.688. The summed E-state index contributed by atoms with van der Waals surface area (Å²) in [5, 5.41) is 0. The minimum atomic E-state index is -1.48. The van der Waals surface area contributed by atoms with Crippen molar-refractivity contribution < 1.29 is 9.53 Å². The van der Waals surface area contributed by atoms with Crippen LogP contribution < -0.4 is 0 Å². The number of hydrogen-bond donors (Lipinski definition) is 0. The van der Waals surface area contributed by atoms with Gasteiger partial charge in [0.05, 0.1) is 12.0 Å². The van der Waals surface area contributed by atoms with Gasteiger partial charge in [0.1, 0.15) is 6.10 Å². The molecule has 1 aliphatic rings. The Morgan fingerprint density at radius 2 is 1.54 bits per heavy atom. The van der Waals surface area contributed by atoms with E-state index in [0.717, 1.165) is 0 Å². The summed E-state index contributed by atoms with van der Waals surface area (Å²) in [6, 6.07) is 4.61. The van der Waals surface area contributed by atoms with Crippen molar-refractivity contribution in [3.05, 3.63) is 47.0 Å². The van der Waals surface area contributed by atoms with Crippen molar-refractivity contribution in [2.45, 2.75) is 89.2 Å². The lowest BCUT2D eigenvalue weighted by Gasteiger charge is -2.46. The Morgan fingerprint density at radius 3 is 1.93 bits per heavy atom. The number of ketones is 1. The first-order valence-corrected chi connectivity index (χ1v) is 11.0. The molecule has 2 rings (SSSR count). The average molecular weight is 425 g/mol. The van der Waals surface area contributed by atoms with Crippen LogP contribution in [0.3, 0.4) is 0 Å². The summed E-state index contributed by atoms with van der Waals surface area (Å²) < 4.78 is 4.90. The summed E-state index contributed by atoms with van der Waals surface area (Å²) >= 11 is 12.6. The summed E-state index contributed by atoms with van der Waals surface area (Å²) in [7, 11) is 0. The molecule has 156 valence electrons. The Hall–Kier alpha value is -0.830. The van der Waals surface area contributed by atoms with Gasteiger partial charge in [-0.1, -0.05) is 83.0 Å². The van der Waals surface area contributed by atoms with Crippen LogP contribution in [0.4, 0.5) is 0 Å². The van der Waals surface area contributed by atoms with Gasteiger partial charge in [0.2, 0.25) is 4.33 Å². The van der Waals surface area contributed by atoms with Gasteiger partial charge >= 0.3 is 0 Å². The minimum Gasteiger partial charge on any atom is -0.366 e. The quantitative estimate of drug-likeness (QED) is 0.319. The molecule has 0 amide bonds. The Labute approximate surface area is 180 Å². The lowest BCUT2D eigenvalue weighted by molar-refractivity contribution is -0.153. The molecule has 0 aromatic heterocycles. The number of allylic oxidation sites excluding steroid dienone is 1. The van der Waals surface area contributed by atoms with E-state index in [1.807, 2.05) is 6.92 Å². The molecule has 1 fully saturated rings. The summed E-state index contributed by atoms with van der Waals surface area (Å²) in [4.78, 5) is 12.3. The molecule has 1 aromatic rings. The van der Waals surface area contributed by atoms with Crippen molar-refractivity contribution in [2.24, 2.45) is 5.92 Å². The average Bonchev–Trinajstić information content (AvgIpc) is 2.62. The number of rotatable bonds is 8. The fourth-order valence-corrected chi connectivity index (χ4v) is 4.73. The fraction of sp³-hybridized carbons (Fsp3) is 0.625. The predicted octanol–water partition coefficient (Wildman–Crippen LogP) is 7.45. The number of carbonyl (C=O) groups is 1. The molecule has 0 unspecified atom stereocenters. The van der Waals surface area contributed by atoms with Gasteiger partial charge in [-0.25, -0.2) is 0 Å². The van der Waals surface area contributed by atoms with Crippen LogP contribution in [0.25, 0.3) is 0 Å². The molecule has 1 aliphatic carbocycles. The molecule has 28 heavy (non-hydrogen) atoms. The molecular formula is C24H34Cl2O2. The largest absolute Gasteiger partial charge is 0.366 e. The third-order valence-electron chi connectivity index (χ3n) is 5.74. The van der Waals surface area contributed by atoms with Crippen molar-refractivity contribution in [2.75, 3.05) is 0 Å². The van der Waals surface area contributed by atoms with Gasteiger partial charge in [-0.05, 0) is 53.4 Å². The first-order chi connectivity index (χ1) is 12.9. The Balaban J connectivity index is 2.47. The van der Waals surface area contributed by atoms with Gasteiger partial charge in [0.15, 0.2) is 5.78 Å². The highest BCUT2D eigenvalue weighted by molar-refractivity contribution is 6.61. The third-order valence-corrected chi connectivity index (χ3v) is 6.55. The van der Waals surface area contributed by atoms with E-state index >= 15 is 0 Å². The van der Waals surface area contributed by atoms with Gasteiger partial charge in [0, 0.05) is 0 Å². The second-order valence-corrected chi connectivity index (χ2v) is 10.3. The highest BCUT2D eigenvalue weighted by Gasteiger charge is 2.61. The Bertz CT molecular complexity index is 705. The standard InChI is InChI=1S/C24H34Cl2O2/c1-9-10-18-22(27)24(25,26)23(18)28-16(8)21-19(14(4)5)11-17(13(2)3)12-20(21)15(6)7/h9,11-16,18,23H,1,10H2,2-8H3/t16-,18-,23-/m1/s1. The first-order valence-electron chi connectivity index (χ1n) is 10.3. The monoisotopic (exact) mass is 424 g/mol. The normalized spacial score (nSPS) is 22.6. The fourth-order valence-electron chi connectivity index (χ4n) is 4.04. The first kappa shape index (κ1) is 23.4. The van der Waals surface area contributed by atoms with E-state index in [1.54, 1.807) is 6.08 Å². The zero-order valence-corrected chi connectivity index (χ0v) is 19.7. The molecule has 0 saturated heterocycles. The Morgan fingerprint density at radius 1 is 1.04 bits per heavy atom. The number of carbonyl (C=O) groups excluding carboxylic acids is 1. The van der Waals surface area contributed by atoms with Crippen LogP contribution >= 0.6 is 23.2 Å². The van der Waals surface area contributed by atoms with E-state index in [2.05, 4.69) is 60.3 Å². The number of ether oxygens (including phenoxy) is 1. The van der Waals surface area contributed by atoms with Crippen LogP contribution in [-0.4, -0.2) is 16.2 Å². The molecule has 3 atom stereocenters. The molecule has 0 radical (unpaired) electrons. The summed E-state index contributed by atoms with van der Waals surface area (Å²) in [6.07, 6.45) is 1.51. The number of Topliss-reactive ketones (excluding diaryl/α,β-unsaturated/α-hetero) is 1. The van der Waals surface area contributed by atoms with Crippen LogP contribution in [0.5, 0.6) is 0 Å². The topological polar surface area (TPSA) is 26.3 Å². The van der Waals surface area contributed by atoms with Crippen molar-refractivity contribution >= 4 is 29.0 Å². The van der Waals surface area contributed by atoms with Gasteiger partial charge in [-0.3, -0.25) is 4.79 Å². The summed E-state index contributed by atoms with van der Waals surface area (Å²) in [6.45, 7) is 19.1. The highest BCUT2D eigenvalue weighted by Crippen LogP contribution is 2.49. The SMILES string of the molecule is C=CC[C@@H]1C(=O)C(Cl)(Cl)[C@@H]1O[C@H](C)c1c(C(C)C)cc(C(C)C)cc1C(C)C. The Kier molecular flexibility index (Phi) is 7.45. The lowest BCUT2D eigenvalue weighted by Crippen LogP contribution is -2.61. The molecule has 1 aromatic carbocycles. The maximum atomic E-state index is 12.3. The zero-order valence-electron chi connectivity index (χ0n) is 18.2. The molecule has 0 spiro atoms. The number of benzene rings is 1. The number of hydrogen-bond acceptors (Lipinski definition) is 2. The molecule has 4 heteroatoms. The van der Waals surface area contributed by atoms with E-state index < -0.39 is 10.4 Å². The summed E-state index contributed by atoms with van der Waals surface area (Å²) in [5.41, 5.74) is 5.14. The van der Waals surface area contributed by atoms with Gasteiger partial charge in [-0.15, -0.1) is 6.58 Å². The number of alkyl halides is 2. The molecule has 0 heterocycles. The van der Waals surface area contributed by atoms with Crippen molar-refractivity contribution in [3.8, 4) is 0 Å². The van der Waals surface area contributed by atoms with Crippen molar-refractivity contribution in [3.63, 3.8) is 0 Å². The third kappa shape index (κ3) is 4.35. The molecule has 2 nitrogen and oxygen atoms in total. The van der Waals surface area contributed by atoms with E-state index in [0.29, 0.717) is 24.2 Å². The van der Waals surface area contributed by atoms with Crippen molar-refractivity contribution in [1.29, 1.82) is 0 Å². The minimum absolute atomic E-state index is 0.170. The highest BCUT2D eigenvalue weighted by atomic mass is 35.5. The zero-order chi connectivity index (χ0) is 21.4. The maximum Gasteiger partial charge on any atom is 0.202 e.